The number of guanidine groups is 1. The van der Waals surface area contributed by atoms with E-state index in [0.717, 1.165) is 11.2 Å². The van der Waals surface area contributed by atoms with Crippen LogP contribution in [-0.2, 0) is 4.79 Å². The summed E-state index contributed by atoms with van der Waals surface area (Å²) in [5.74, 6) is -0.130. The van der Waals surface area contributed by atoms with Crippen LogP contribution in [-0.4, -0.2) is 50.7 Å². The molecule has 1 fully saturated rings. The van der Waals surface area contributed by atoms with Crippen molar-refractivity contribution in [1.82, 2.24) is 19.6 Å². The maximum atomic E-state index is 12.7. The first-order chi connectivity index (χ1) is 11.5. The lowest BCUT2D eigenvalue weighted by Crippen LogP contribution is -2.50. The zero-order valence-electron chi connectivity index (χ0n) is 13.3. The molecule has 3 N–H and O–H groups in total. The molecule has 2 aliphatic rings. The molecule has 2 aliphatic heterocycles. The molecule has 0 aromatic carbocycles. The van der Waals surface area contributed by atoms with Crippen LogP contribution >= 0.6 is 0 Å². The molecule has 0 unspecified atom stereocenters. The molecule has 2 aromatic rings. The highest BCUT2D eigenvalue weighted by atomic mass is 16.2. The lowest BCUT2D eigenvalue weighted by molar-refractivity contribution is -0.125. The molecule has 4 rings (SSSR count). The van der Waals surface area contributed by atoms with Crippen molar-refractivity contribution in [2.24, 2.45) is 10.7 Å². The Bertz CT molecular complexity index is 876. The Morgan fingerprint density at radius 2 is 2.12 bits per heavy atom. The monoisotopic (exact) mass is 326 g/mol. The summed E-state index contributed by atoms with van der Waals surface area (Å²) < 4.78 is 1.85. The number of nitrogens with one attached hydrogen (secondary N) is 1. The van der Waals surface area contributed by atoms with Gasteiger partial charge in [-0.2, -0.15) is 0 Å². The number of hydrogen-bond donors (Lipinski definition) is 2. The van der Waals surface area contributed by atoms with Crippen LogP contribution in [0.3, 0.4) is 0 Å². The van der Waals surface area contributed by atoms with Gasteiger partial charge in [-0.15, -0.1) is 0 Å². The van der Waals surface area contributed by atoms with Gasteiger partial charge in [-0.25, -0.2) is 9.98 Å². The standard InChI is InChI=1S/C16H18N6O2/c1-10-3-2-6-22-9-11(18-12(10)22)13(23)21-7-4-16(5-8-21)14(24)19-15(17)20-16/h2-3,6,9H,4-5,7-8H2,1H3,(H3,17,19,20,24). The van der Waals surface area contributed by atoms with Crippen LogP contribution in [0.15, 0.2) is 29.5 Å². The molecular weight excluding hydrogens is 308 g/mol. The van der Waals surface area contributed by atoms with Gasteiger partial charge in [-0.05, 0) is 31.4 Å². The number of imidazole rings is 1. The van der Waals surface area contributed by atoms with E-state index >= 15 is 0 Å². The molecule has 124 valence electrons. The number of aryl methyl sites for hydroxylation is 1. The first-order valence-electron chi connectivity index (χ1n) is 7.89. The number of likely N-dealkylation sites (tertiary alicyclic amines) is 1. The van der Waals surface area contributed by atoms with Gasteiger partial charge in [0, 0.05) is 25.5 Å². The van der Waals surface area contributed by atoms with Gasteiger partial charge in [-0.3, -0.25) is 14.9 Å². The Labute approximate surface area is 138 Å². The molecule has 8 nitrogen and oxygen atoms in total. The van der Waals surface area contributed by atoms with E-state index in [9.17, 15) is 9.59 Å². The number of piperidine rings is 1. The smallest absolute Gasteiger partial charge is 0.274 e. The van der Waals surface area contributed by atoms with Crippen LogP contribution in [0.25, 0.3) is 5.65 Å². The minimum atomic E-state index is -0.809. The highest BCUT2D eigenvalue weighted by Gasteiger charge is 2.46. The highest BCUT2D eigenvalue weighted by Crippen LogP contribution is 2.30. The van der Waals surface area contributed by atoms with E-state index in [1.54, 1.807) is 11.1 Å². The second kappa shape index (κ2) is 5.05. The Balaban J connectivity index is 1.54. The summed E-state index contributed by atoms with van der Waals surface area (Å²) in [7, 11) is 0. The van der Waals surface area contributed by atoms with Crippen LogP contribution in [0.4, 0.5) is 0 Å². The van der Waals surface area contributed by atoms with E-state index in [1.807, 2.05) is 29.7 Å². The summed E-state index contributed by atoms with van der Waals surface area (Å²) in [6.45, 7) is 2.87. The van der Waals surface area contributed by atoms with Crippen molar-refractivity contribution < 1.29 is 9.59 Å². The zero-order valence-corrected chi connectivity index (χ0v) is 13.3. The summed E-state index contributed by atoms with van der Waals surface area (Å²) in [6, 6.07) is 3.88. The molecule has 0 aliphatic carbocycles. The molecule has 0 bridgehead atoms. The third kappa shape index (κ3) is 2.14. The van der Waals surface area contributed by atoms with E-state index in [-0.39, 0.29) is 17.8 Å². The van der Waals surface area contributed by atoms with Crippen LogP contribution in [0.5, 0.6) is 0 Å². The van der Waals surface area contributed by atoms with E-state index in [4.69, 9.17) is 5.73 Å². The number of nitrogens with two attached hydrogens (primary N) is 1. The number of carbonyl (C=O) groups excluding carboxylic acids is 2. The lowest BCUT2D eigenvalue weighted by atomic mass is 9.88. The second-order valence-electron chi connectivity index (χ2n) is 6.32. The fourth-order valence-corrected chi connectivity index (χ4v) is 3.38. The van der Waals surface area contributed by atoms with Crippen molar-refractivity contribution in [2.45, 2.75) is 25.3 Å². The topological polar surface area (TPSA) is 105 Å². The fourth-order valence-electron chi connectivity index (χ4n) is 3.38. The van der Waals surface area contributed by atoms with Crippen molar-refractivity contribution in [3.8, 4) is 0 Å². The molecule has 24 heavy (non-hydrogen) atoms. The number of hydrogen-bond acceptors (Lipinski definition) is 5. The van der Waals surface area contributed by atoms with Crippen molar-refractivity contribution in [1.29, 1.82) is 0 Å². The number of amides is 2. The maximum Gasteiger partial charge on any atom is 0.274 e. The van der Waals surface area contributed by atoms with Gasteiger partial charge in [0.15, 0.2) is 5.96 Å². The maximum absolute atomic E-state index is 12.7. The molecule has 1 spiro atoms. The van der Waals surface area contributed by atoms with Gasteiger partial charge < -0.3 is 15.0 Å². The quantitative estimate of drug-likeness (QED) is 0.773. The molecule has 0 atom stereocenters. The molecule has 0 saturated carbocycles. The highest BCUT2D eigenvalue weighted by molar-refractivity contribution is 6.07. The number of aliphatic imine (C=N–C) groups is 1. The normalized spacial score (nSPS) is 19.6. The number of fused-ring (bicyclic) bond motifs is 1. The predicted molar refractivity (Wildman–Crippen MR) is 87.6 cm³/mol. The van der Waals surface area contributed by atoms with Crippen LogP contribution in [0.2, 0.25) is 0 Å². The molecule has 2 amide bonds. The number of nitrogens with zero attached hydrogens (tertiary/aromatic N) is 4. The Morgan fingerprint density at radius 1 is 1.38 bits per heavy atom. The predicted octanol–water partition coefficient (Wildman–Crippen LogP) is 0.0620. The molecule has 8 heteroatoms. The third-order valence-electron chi connectivity index (χ3n) is 4.77. The first kappa shape index (κ1) is 14.7. The van der Waals surface area contributed by atoms with Gasteiger partial charge in [0.2, 0.25) is 0 Å². The first-order valence-corrected chi connectivity index (χ1v) is 7.89. The van der Waals surface area contributed by atoms with Gasteiger partial charge in [0.25, 0.3) is 11.8 Å². The number of rotatable bonds is 1. The lowest BCUT2D eigenvalue weighted by Gasteiger charge is -2.35. The number of carbonyl (C=O) groups is 2. The van der Waals surface area contributed by atoms with E-state index < -0.39 is 5.54 Å². The Kier molecular flexibility index (Phi) is 3.09. The largest absolute Gasteiger partial charge is 0.370 e. The van der Waals surface area contributed by atoms with E-state index in [0.29, 0.717) is 31.6 Å². The van der Waals surface area contributed by atoms with E-state index in [1.165, 1.54) is 0 Å². The molecule has 4 heterocycles. The third-order valence-corrected chi connectivity index (χ3v) is 4.77. The van der Waals surface area contributed by atoms with Gasteiger partial charge in [-0.1, -0.05) is 6.07 Å². The Hall–Kier alpha value is -2.90. The summed E-state index contributed by atoms with van der Waals surface area (Å²) in [5, 5.41) is 2.55. The second-order valence-corrected chi connectivity index (χ2v) is 6.32. The number of pyridine rings is 1. The van der Waals surface area contributed by atoms with Crippen LogP contribution in [0, 0.1) is 6.92 Å². The minimum Gasteiger partial charge on any atom is -0.370 e. The summed E-state index contributed by atoms with van der Waals surface area (Å²) in [6.07, 6.45) is 4.56. The van der Waals surface area contributed by atoms with Crippen LogP contribution < -0.4 is 11.1 Å². The van der Waals surface area contributed by atoms with Crippen molar-refractivity contribution in [3.05, 3.63) is 35.8 Å². The summed E-state index contributed by atoms with van der Waals surface area (Å²) in [4.78, 5) is 35.2. The average Bonchev–Trinajstić information content (AvgIpc) is 3.10. The molecule has 1 saturated heterocycles. The minimum absolute atomic E-state index is 0.122. The Morgan fingerprint density at radius 3 is 2.75 bits per heavy atom. The molecular formula is C16H18N6O2. The van der Waals surface area contributed by atoms with Gasteiger partial charge in [0.1, 0.15) is 16.9 Å². The van der Waals surface area contributed by atoms with Crippen LogP contribution in [0.1, 0.15) is 28.9 Å². The van der Waals surface area contributed by atoms with Gasteiger partial charge >= 0.3 is 0 Å². The van der Waals surface area contributed by atoms with Crippen molar-refractivity contribution in [3.63, 3.8) is 0 Å². The molecule has 2 aromatic heterocycles. The molecule has 0 radical (unpaired) electrons. The summed E-state index contributed by atoms with van der Waals surface area (Å²) in [5.41, 5.74) is 7.00. The van der Waals surface area contributed by atoms with Gasteiger partial charge in [0.05, 0.1) is 0 Å². The SMILES string of the molecule is Cc1cccn2cc(C(=O)N3CCC4(CC3)N=C(N)NC4=O)nc12. The average molecular weight is 326 g/mol. The zero-order chi connectivity index (χ0) is 16.9. The summed E-state index contributed by atoms with van der Waals surface area (Å²) >= 11 is 0. The van der Waals surface area contributed by atoms with E-state index in [2.05, 4.69) is 15.3 Å². The number of aromatic nitrogens is 2. The van der Waals surface area contributed by atoms with Crippen molar-refractivity contribution >= 4 is 23.4 Å². The van der Waals surface area contributed by atoms with Crippen molar-refractivity contribution in [2.75, 3.05) is 13.1 Å². The fraction of sp³-hybridized carbons (Fsp3) is 0.375.